The number of hydrogen-bond donors (Lipinski definition) is 0. The zero-order chi connectivity index (χ0) is 13.7. The van der Waals surface area contributed by atoms with E-state index >= 15 is 0 Å². The molecule has 2 aromatic heterocycles. The first kappa shape index (κ1) is 13.4. The van der Waals surface area contributed by atoms with E-state index in [4.69, 9.17) is 4.74 Å². The fourth-order valence-electron chi connectivity index (χ4n) is 1.82. The number of pyridine rings is 1. The summed E-state index contributed by atoms with van der Waals surface area (Å²) >= 11 is 0. The highest BCUT2D eigenvalue weighted by Crippen LogP contribution is 2.18. The van der Waals surface area contributed by atoms with Gasteiger partial charge >= 0.3 is 0 Å². The summed E-state index contributed by atoms with van der Waals surface area (Å²) in [6, 6.07) is 6.06. The van der Waals surface area contributed by atoms with Crippen LogP contribution in [0.25, 0.3) is 0 Å². The van der Waals surface area contributed by atoms with Crippen molar-refractivity contribution in [2.75, 3.05) is 14.2 Å². The van der Waals surface area contributed by atoms with Crippen molar-refractivity contribution in [1.29, 1.82) is 0 Å². The molecule has 2 rings (SSSR count). The van der Waals surface area contributed by atoms with E-state index in [2.05, 4.69) is 33.8 Å². The lowest BCUT2D eigenvalue weighted by atomic mass is 10.2. The van der Waals surface area contributed by atoms with Crippen molar-refractivity contribution in [2.45, 2.75) is 19.5 Å². The quantitative estimate of drug-likeness (QED) is 0.821. The Bertz CT molecular complexity index is 501. The molecule has 1 atom stereocenters. The summed E-state index contributed by atoms with van der Waals surface area (Å²) in [5.74, 6) is 0.634. The molecule has 0 N–H and O–H groups in total. The van der Waals surface area contributed by atoms with Crippen LogP contribution in [-0.4, -0.2) is 34.0 Å². The molecule has 5 nitrogen and oxygen atoms in total. The molecule has 19 heavy (non-hydrogen) atoms. The lowest BCUT2D eigenvalue weighted by molar-refractivity contribution is 0.248. The molecule has 0 aliphatic rings. The third-order valence-electron chi connectivity index (χ3n) is 3.13. The zero-order valence-corrected chi connectivity index (χ0v) is 11.4. The first-order chi connectivity index (χ1) is 9.20. The van der Waals surface area contributed by atoms with Gasteiger partial charge in [0.1, 0.15) is 6.33 Å². The van der Waals surface area contributed by atoms with Crippen molar-refractivity contribution >= 4 is 0 Å². The van der Waals surface area contributed by atoms with Gasteiger partial charge < -0.3 is 4.74 Å². The van der Waals surface area contributed by atoms with Gasteiger partial charge in [0.2, 0.25) is 5.88 Å². The first-order valence-corrected chi connectivity index (χ1v) is 6.15. The molecule has 0 aromatic carbocycles. The molecule has 0 saturated carbocycles. The predicted molar refractivity (Wildman–Crippen MR) is 72.7 cm³/mol. The number of nitrogens with zero attached hydrogens (tertiary/aromatic N) is 4. The highest BCUT2D eigenvalue weighted by Gasteiger charge is 2.13. The largest absolute Gasteiger partial charge is 0.481 e. The highest BCUT2D eigenvalue weighted by molar-refractivity contribution is 5.18. The van der Waals surface area contributed by atoms with Crippen molar-refractivity contribution < 1.29 is 4.74 Å². The van der Waals surface area contributed by atoms with Crippen LogP contribution in [0.5, 0.6) is 5.88 Å². The van der Waals surface area contributed by atoms with Gasteiger partial charge in [0, 0.05) is 31.0 Å². The molecule has 0 bridgehead atoms. The molecular formula is C14H18N4O. The fraction of sp³-hybridized carbons (Fsp3) is 0.357. The molecule has 0 saturated heterocycles. The Labute approximate surface area is 113 Å². The van der Waals surface area contributed by atoms with E-state index in [9.17, 15) is 0 Å². The molecule has 0 aliphatic heterocycles. The van der Waals surface area contributed by atoms with Gasteiger partial charge in [0.15, 0.2) is 0 Å². The molecule has 2 aromatic rings. The lowest BCUT2D eigenvalue weighted by Gasteiger charge is -2.24. The lowest BCUT2D eigenvalue weighted by Crippen LogP contribution is -2.22. The van der Waals surface area contributed by atoms with Gasteiger partial charge in [-0.05, 0) is 25.6 Å². The summed E-state index contributed by atoms with van der Waals surface area (Å²) in [6.45, 7) is 2.93. The zero-order valence-electron chi connectivity index (χ0n) is 11.4. The number of methoxy groups -OCH3 is 1. The summed E-state index contributed by atoms with van der Waals surface area (Å²) in [7, 11) is 3.68. The number of rotatable bonds is 5. The van der Waals surface area contributed by atoms with Crippen LogP contribution in [0.15, 0.2) is 36.9 Å². The highest BCUT2D eigenvalue weighted by atomic mass is 16.5. The Morgan fingerprint density at radius 3 is 2.68 bits per heavy atom. The van der Waals surface area contributed by atoms with E-state index in [0.717, 1.165) is 17.8 Å². The smallest absolute Gasteiger partial charge is 0.212 e. The number of hydrogen-bond acceptors (Lipinski definition) is 5. The second kappa shape index (κ2) is 6.24. The van der Waals surface area contributed by atoms with Crippen LogP contribution in [0.4, 0.5) is 0 Å². The topological polar surface area (TPSA) is 51.1 Å². The molecule has 0 aliphatic carbocycles. The third-order valence-corrected chi connectivity index (χ3v) is 3.13. The molecule has 0 fully saturated rings. The minimum atomic E-state index is 0.227. The van der Waals surface area contributed by atoms with Crippen molar-refractivity contribution in [3.63, 3.8) is 0 Å². The Kier molecular flexibility index (Phi) is 4.41. The van der Waals surface area contributed by atoms with Crippen molar-refractivity contribution in [3.8, 4) is 5.88 Å². The monoisotopic (exact) mass is 258 g/mol. The van der Waals surface area contributed by atoms with Gasteiger partial charge in [0.25, 0.3) is 0 Å². The van der Waals surface area contributed by atoms with Crippen molar-refractivity contribution in [2.24, 2.45) is 0 Å². The Morgan fingerprint density at radius 2 is 2.11 bits per heavy atom. The average Bonchev–Trinajstić information content (AvgIpc) is 2.48. The van der Waals surface area contributed by atoms with Crippen molar-refractivity contribution in [3.05, 3.63) is 48.2 Å². The SMILES string of the molecule is COc1ccc(CN(C)C(C)c2ccncn2)cn1. The number of aromatic nitrogens is 3. The van der Waals surface area contributed by atoms with Crippen LogP contribution >= 0.6 is 0 Å². The molecule has 0 radical (unpaired) electrons. The van der Waals surface area contributed by atoms with E-state index in [1.807, 2.05) is 24.4 Å². The molecular weight excluding hydrogens is 240 g/mol. The molecule has 0 amide bonds. The summed E-state index contributed by atoms with van der Waals surface area (Å²) in [5.41, 5.74) is 2.16. The maximum atomic E-state index is 5.05. The minimum absolute atomic E-state index is 0.227. The Balaban J connectivity index is 2.01. The molecule has 100 valence electrons. The molecule has 5 heteroatoms. The van der Waals surface area contributed by atoms with Crippen LogP contribution in [0.1, 0.15) is 24.2 Å². The van der Waals surface area contributed by atoms with Crippen LogP contribution in [0.3, 0.4) is 0 Å². The van der Waals surface area contributed by atoms with Gasteiger partial charge in [-0.25, -0.2) is 15.0 Å². The van der Waals surface area contributed by atoms with Gasteiger partial charge in [-0.3, -0.25) is 4.90 Å². The van der Waals surface area contributed by atoms with Crippen LogP contribution < -0.4 is 4.74 Å². The standard InChI is InChI=1S/C14H18N4O/c1-11(13-6-7-15-10-17-13)18(2)9-12-4-5-14(19-3)16-8-12/h4-8,10-11H,9H2,1-3H3. The van der Waals surface area contributed by atoms with E-state index in [1.54, 1.807) is 19.6 Å². The second-order valence-corrected chi connectivity index (χ2v) is 4.43. The molecule has 0 spiro atoms. The summed E-state index contributed by atoms with van der Waals surface area (Å²) in [6.07, 6.45) is 5.18. The van der Waals surface area contributed by atoms with E-state index in [1.165, 1.54) is 0 Å². The van der Waals surface area contributed by atoms with Gasteiger partial charge in [-0.2, -0.15) is 0 Å². The number of ether oxygens (including phenoxy) is 1. The second-order valence-electron chi connectivity index (χ2n) is 4.43. The minimum Gasteiger partial charge on any atom is -0.481 e. The van der Waals surface area contributed by atoms with Crippen LogP contribution in [-0.2, 0) is 6.54 Å². The van der Waals surface area contributed by atoms with Crippen LogP contribution in [0.2, 0.25) is 0 Å². The normalized spacial score (nSPS) is 12.4. The van der Waals surface area contributed by atoms with Crippen LogP contribution in [0, 0.1) is 0 Å². The Morgan fingerprint density at radius 1 is 1.26 bits per heavy atom. The van der Waals surface area contributed by atoms with Crippen molar-refractivity contribution in [1.82, 2.24) is 19.9 Å². The maximum absolute atomic E-state index is 5.05. The maximum Gasteiger partial charge on any atom is 0.212 e. The first-order valence-electron chi connectivity index (χ1n) is 6.15. The summed E-state index contributed by atoms with van der Waals surface area (Å²) < 4.78 is 5.05. The van der Waals surface area contributed by atoms with E-state index < -0.39 is 0 Å². The van der Waals surface area contributed by atoms with Gasteiger partial charge in [-0.1, -0.05) is 6.07 Å². The average molecular weight is 258 g/mol. The molecule has 2 heterocycles. The van der Waals surface area contributed by atoms with E-state index in [0.29, 0.717) is 5.88 Å². The van der Waals surface area contributed by atoms with E-state index in [-0.39, 0.29) is 6.04 Å². The Hall–Kier alpha value is -2.01. The van der Waals surface area contributed by atoms with Gasteiger partial charge in [-0.15, -0.1) is 0 Å². The summed E-state index contributed by atoms with van der Waals surface area (Å²) in [4.78, 5) is 14.6. The third kappa shape index (κ3) is 3.48. The summed E-state index contributed by atoms with van der Waals surface area (Å²) in [5, 5.41) is 0. The van der Waals surface area contributed by atoms with Gasteiger partial charge in [0.05, 0.1) is 12.8 Å². The predicted octanol–water partition coefficient (Wildman–Crippen LogP) is 2.07. The molecule has 1 unspecified atom stereocenters. The fourth-order valence-corrected chi connectivity index (χ4v) is 1.82.